The Balaban J connectivity index is 2.77. The van der Waals surface area contributed by atoms with Crippen LogP contribution in [0.25, 0.3) is 0 Å². The molecule has 1 aromatic rings. The molecule has 4 nitrogen and oxygen atoms in total. The zero-order valence-corrected chi connectivity index (χ0v) is 12.3. The van der Waals surface area contributed by atoms with Crippen molar-refractivity contribution in [2.45, 2.75) is 18.2 Å². The number of rotatable bonds is 6. The van der Waals surface area contributed by atoms with E-state index >= 15 is 0 Å². The zero-order chi connectivity index (χ0) is 13.8. The summed E-state index contributed by atoms with van der Waals surface area (Å²) in [5.41, 5.74) is 0. The maximum Gasteiger partial charge on any atom is 0.240 e. The fourth-order valence-corrected chi connectivity index (χ4v) is 3.02. The molecule has 0 fully saturated rings. The molecule has 0 amide bonds. The molecule has 0 aliphatic heterocycles. The summed E-state index contributed by atoms with van der Waals surface area (Å²) in [5.74, 6) is -0.476. The van der Waals surface area contributed by atoms with Crippen molar-refractivity contribution in [2.24, 2.45) is 5.92 Å². The first-order valence-corrected chi connectivity index (χ1v) is 7.70. The topological polar surface area (TPSA) is 66.4 Å². The fourth-order valence-electron chi connectivity index (χ4n) is 1.30. The Hall–Kier alpha value is -0.500. The van der Waals surface area contributed by atoms with E-state index in [1.165, 1.54) is 12.1 Å². The lowest BCUT2D eigenvalue weighted by Crippen LogP contribution is -2.28. The Labute approximate surface area is 114 Å². The molecule has 1 rings (SSSR count). The summed E-state index contributed by atoms with van der Waals surface area (Å²) in [5, 5.41) is 8.72. The minimum Gasteiger partial charge on any atom is -0.396 e. The van der Waals surface area contributed by atoms with Gasteiger partial charge in [-0.3, -0.25) is 0 Å². The van der Waals surface area contributed by atoms with E-state index in [2.05, 4.69) is 20.7 Å². The largest absolute Gasteiger partial charge is 0.396 e. The standard InChI is InChI=1S/C11H15BrFNO3S/c1-8(4-5-15)7-14-18(16,17)9-2-3-11(13)10(12)6-9/h2-3,6,8,14-15H,4-5,7H2,1H3. The molecule has 0 saturated heterocycles. The van der Waals surface area contributed by atoms with Gasteiger partial charge in [-0.15, -0.1) is 0 Å². The van der Waals surface area contributed by atoms with E-state index in [4.69, 9.17) is 5.11 Å². The molecule has 0 saturated carbocycles. The number of nitrogens with one attached hydrogen (secondary N) is 1. The van der Waals surface area contributed by atoms with Crippen molar-refractivity contribution in [3.8, 4) is 0 Å². The second kappa shape index (κ2) is 6.60. The van der Waals surface area contributed by atoms with Crippen LogP contribution in [0.15, 0.2) is 27.6 Å². The van der Waals surface area contributed by atoms with Crippen LogP contribution in [-0.2, 0) is 10.0 Å². The molecule has 18 heavy (non-hydrogen) atoms. The highest BCUT2D eigenvalue weighted by molar-refractivity contribution is 9.10. The van der Waals surface area contributed by atoms with Crippen LogP contribution in [0.1, 0.15) is 13.3 Å². The molecule has 0 aromatic heterocycles. The third-order valence-electron chi connectivity index (χ3n) is 2.45. The summed E-state index contributed by atoms with van der Waals surface area (Å²) in [4.78, 5) is 0.00646. The van der Waals surface area contributed by atoms with Gasteiger partial charge in [-0.2, -0.15) is 0 Å². The summed E-state index contributed by atoms with van der Waals surface area (Å²) in [6.07, 6.45) is 0.523. The quantitative estimate of drug-likeness (QED) is 0.831. The summed E-state index contributed by atoms with van der Waals surface area (Å²) < 4.78 is 39.3. The van der Waals surface area contributed by atoms with Crippen LogP contribution in [0, 0.1) is 11.7 Å². The highest BCUT2D eigenvalue weighted by Crippen LogP contribution is 2.20. The maximum atomic E-state index is 13.0. The van der Waals surface area contributed by atoms with E-state index < -0.39 is 15.8 Å². The first-order valence-electron chi connectivity index (χ1n) is 5.42. The number of halogens is 2. The SMILES string of the molecule is CC(CCO)CNS(=O)(=O)c1ccc(F)c(Br)c1. The van der Waals surface area contributed by atoms with Gasteiger partial charge in [-0.1, -0.05) is 6.92 Å². The normalized spacial score (nSPS) is 13.6. The Morgan fingerprint density at radius 2 is 2.17 bits per heavy atom. The number of hydrogen-bond donors (Lipinski definition) is 2. The first kappa shape index (κ1) is 15.6. The Morgan fingerprint density at radius 1 is 1.50 bits per heavy atom. The van der Waals surface area contributed by atoms with Crippen molar-refractivity contribution < 1.29 is 17.9 Å². The number of sulfonamides is 1. The van der Waals surface area contributed by atoms with Gasteiger partial charge in [0.15, 0.2) is 0 Å². The minimum atomic E-state index is -3.64. The molecular weight excluding hydrogens is 325 g/mol. The average Bonchev–Trinajstić information content (AvgIpc) is 2.30. The molecule has 2 N–H and O–H groups in total. The number of hydrogen-bond acceptors (Lipinski definition) is 3. The van der Waals surface area contributed by atoms with Crippen molar-refractivity contribution in [2.75, 3.05) is 13.2 Å². The van der Waals surface area contributed by atoms with Gasteiger partial charge < -0.3 is 5.11 Å². The molecule has 0 heterocycles. The molecule has 7 heteroatoms. The van der Waals surface area contributed by atoms with Crippen molar-refractivity contribution in [1.82, 2.24) is 4.72 Å². The van der Waals surface area contributed by atoms with Crippen molar-refractivity contribution in [1.29, 1.82) is 0 Å². The number of benzene rings is 1. The van der Waals surface area contributed by atoms with Gasteiger partial charge in [0.2, 0.25) is 10.0 Å². The lowest BCUT2D eigenvalue weighted by Gasteiger charge is -2.12. The van der Waals surface area contributed by atoms with Gasteiger partial charge in [-0.25, -0.2) is 17.5 Å². The van der Waals surface area contributed by atoms with Crippen LogP contribution in [0.5, 0.6) is 0 Å². The van der Waals surface area contributed by atoms with E-state index in [1.54, 1.807) is 0 Å². The lowest BCUT2D eigenvalue weighted by molar-refractivity contribution is 0.263. The molecule has 0 aliphatic rings. The average molecular weight is 340 g/mol. The lowest BCUT2D eigenvalue weighted by atomic mass is 10.1. The van der Waals surface area contributed by atoms with Crippen LogP contribution in [0.2, 0.25) is 0 Å². The molecule has 102 valence electrons. The van der Waals surface area contributed by atoms with E-state index in [-0.39, 0.29) is 28.4 Å². The van der Waals surface area contributed by atoms with Crippen LogP contribution in [0.4, 0.5) is 4.39 Å². The molecular formula is C11H15BrFNO3S. The van der Waals surface area contributed by atoms with Crippen LogP contribution < -0.4 is 4.72 Å². The van der Waals surface area contributed by atoms with Gasteiger partial charge in [-0.05, 0) is 46.5 Å². The summed E-state index contributed by atoms with van der Waals surface area (Å²) in [7, 11) is -3.64. The summed E-state index contributed by atoms with van der Waals surface area (Å²) in [6.45, 7) is 2.09. The molecule has 1 atom stereocenters. The van der Waals surface area contributed by atoms with E-state index in [0.717, 1.165) is 6.07 Å². The van der Waals surface area contributed by atoms with E-state index in [9.17, 15) is 12.8 Å². The zero-order valence-electron chi connectivity index (χ0n) is 9.86. The van der Waals surface area contributed by atoms with Gasteiger partial charge in [0.25, 0.3) is 0 Å². The molecule has 0 radical (unpaired) electrons. The second-order valence-corrected chi connectivity index (χ2v) is 6.67. The fraction of sp³-hybridized carbons (Fsp3) is 0.455. The Bertz CT molecular complexity index is 507. The third kappa shape index (κ3) is 4.31. The molecule has 1 aromatic carbocycles. The molecule has 0 bridgehead atoms. The minimum absolute atomic E-state index is 0.00646. The van der Waals surface area contributed by atoms with E-state index in [0.29, 0.717) is 6.42 Å². The Kier molecular flexibility index (Phi) is 5.71. The highest BCUT2D eigenvalue weighted by Gasteiger charge is 2.16. The van der Waals surface area contributed by atoms with E-state index in [1.807, 2.05) is 6.92 Å². The van der Waals surface area contributed by atoms with Crippen LogP contribution in [-0.4, -0.2) is 26.7 Å². The van der Waals surface area contributed by atoms with Crippen LogP contribution >= 0.6 is 15.9 Å². The van der Waals surface area contributed by atoms with Crippen molar-refractivity contribution in [3.63, 3.8) is 0 Å². The predicted octanol–water partition coefficient (Wildman–Crippen LogP) is 1.89. The predicted molar refractivity (Wildman–Crippen MR) is 70.2 cm³/mol. The number of aliphatic hydroxyl groups excluding tert-OH is 1. The molecule has 0 spiro atoms. The maximum absolute atomic E-state index is 13.0. The van der Waals surface area contributed by atoms with Crippen LogP contribution in [0.3, 0.4) is 0 Å². The smallest absolute Gasteiger partial charge is 0.240 e. The van der Waals surface area contributed by atoms with Gasteiger partial charge in [0.05, 0.1) is 9.37 Å². The third-order valence-corrected chi connectivity index (χ3v) is 4.47. The molecule has 1 unspecified atom stereocenters. The van der Waals surface area contributed by atoms with Gasteiger partial charge in [0.1, 0.15) is 5.82 Å². The highest BCUT2D eigenvalue weighted by atomic mass is 79.9. The van der Waals surface area contributed by atoms with Crippen molar-refractivity contribution in [3.05, 3.63) is 28.5 Å². The summed E-state index contributed by atoms with van der Waals surface area (Å²) >= 11 is 2.94. The van der Waals surface area contributed by atoms with Gasteiger partial charge >= 0.3 is 0 Å². The van der Waals surface area contributed by atoms with Crippen molar-refractivity contribution >= 4 is 26.0 Å². The Morgan fingerprint density at radius 3 is 2.72 bits per heavy atom. The monoisotopic (exact) mass is 339 g/mol. The number of aliphatic hydroxyl groups is 1. The first-order chi connectivity index (χ1) is 8.36. The van der Waals surface area contributed by atoms with Gasteiger partial charge in [0, 0.05) is 13.2 Å². The molecule has 0 aliphatic carbocycles. The second-order valence-electron chi connectivity index (χ2n) is 4.05. The summed E-state index contributed by atoms with van der Waals surface area (Å²) in [6, 6.07) is 3.52.